The maximum atomic E-state index is 10.7. The molecule has 0 aliphatic heterocycles. The zero-order valence-electron chi connectivity index (χ0n) is 7.51. The Bertz CT molecular complexity index is 177. The smallest absolute Gasteiger partial charge is 0.263 e. The largest absolute Gasteiger partial charge is 0.344 e. The minimum absolute atomic E-state index is 0.0278. The minimum atomic E-state index is -0.336. The number of hydrogen-bond donors (Lipinski definition) is 0. The molecule has 0 aromatic heterocycles. The lowest BCUT2D eigenvalue weighted by Gasteiger charge is -2.06. The van der Waals surface area contributed by atoms with Crippen molar-refractivity contribution in [2.45, 2.75) is 13.8 Å². The van der Waals surface area contributed by atoms with E-state index in [0.29, 0.717) is 0 Å². The first-order valence-corrected chi connectivity index (χ1v) is 3.40. The maximum Gasteiger partial charge on any atom is 0.263 e. The second-order valence-corrected chi connectivity index (χ2v) is 1.79. The van der Waals surface area contributed by atoms with Gasteiger partial charge in [0.15, 0.2) is 0 Å². The second-order valence-electron chi connectivity index (χ2n) is 1.79. The summed E-state index contributed by atoms with van der Waals surface area (Å²) in [6.45, 7) is 7.24. The number of hydrogen-bond acceptors (Lipinski definition) is 2. The molecule has 3 nitrogen and oxygen atoms in total. The molecule has 0 saturated heterocycles. The first-order chi connectivity index (χ1) is 5.09. The average molecular weight is 154 g/mol. The molecular weight excluding hydrogens is 140 g/mol. The van der Waals surface area contributed by atoms with Crippen LogP contribution >= 0.6 is 0 Å². The van der Waals surface area contributed by atoms with Crippen LogP contribution in [0.25, 0.3) is 0 Å². The molecule has 0 aromatic rings. The van der Waals surface area contributed by atoms with E-state index in [2.05, 4.69) is 6.58 Å². The number of carbonyl (C=O) groups excluding carboxylic acids is 1. The third-order valence-electron chi connectivity index (χ3n) is 0.799. The Kier molecular flexibility index (Phi) is 7.67. The van der Waals surface area contributed by atoms with Crippen molar-refractivity contribution < 1.29 is 4.79 Å². The zero-order valence-corrected chi connectivity index (χ0v) is 7.51. The van der Waals surface area contributed by atoms with E-state index in [-0.39, 0.29) is 11.5 Å². The highest BCUT2D eigenvalue weighted by Gasteiger charge is 2.06. The Morgan fingerprint density at radius 1 is 1.45 bits per heavy atom. The molecule has 62 valence electrons. The van der Waals surface area contributed by atoms with Gasteiger partial charge in [0, 0.05) is 14.1 Å². The van der Waals surface area contributed by atoms with Crippen LogP contribution in [0.4, 0.5) is 0 Å². The lowest BCUT2D eigenvalue weighted by atomic mass is 10.3. The zero-order chi connectivity index (χ0) is 9.44. The Balaban J connectivity index is 0. The van der Waals surface area contributed by atoms with Crippen LogP contribution in [-0.4, -0.2) is 24.9 Å². The monoisotopic (exact) mass is 154 g/mol. The summed E-state index contributed by atoms with van der Waals surface area (Å²) in [5.41, 5.74) is -0.0278. The topological polar surface area (TPSA) is 44.1 Å². The normalized spacial score (nSPS) is 6.82. The molecule has 11 heavy (non-hydrogen) atoms. The molecule has 0 spiro atoms. The lowest BCUT2D eigenvalue weighted by Crippen LogP contribution is -2.22. The fourth-order valence-electron chi connectivity index (χ4n) is 0.318. The molecule has 0 aliphatic rings. The first kappa shape index (κ1) is 12.4. The van der Waals surface area contributed by atoms with Crippen LogP contribution in [0, 0.1) is 11.3 Å². The molecule has 0 radical (unpaired) electrons. The molecule has 0 unspecified atom stereocenters. The van der Waals surface area contributed by atoms with Gasteiger partial charge in [-0.2, -0.15) is 5.26 Å². The van der Waals surface area contributed by atoms with Crippen molar-refractivity contribution in [1.29, 1.82) is 5.26 Å². The molecule has 0 N–H and O–H groups in total. The van der Waals surface area contributed by atoms with Gasteiger partial charge in [0.25, 0.3) is 5.91 Å². The molecule has 0 aromatic carbocycles. The van der Waals surface area contributed by atoms with E-state index in [4.69, 9.17) is 5.26 Å². The third kappa shape index (κ3) is 5.16. The number of nitrogens with zero attached hydrogens (tertiary/aromatic N) is 2. The van der Waals surface area contributed by atoms with Gasteiger partial charge in [0.05, 0.1) is 0 Å². The summed E-state index contributed by atoms with van der Waals surface area (Å²) in [4.78, 5) is 12.0. The van der Waals surface area contributed by atoms with Gasteiger partial charge >= 0.3 is 0 Å². The van der Waals surface area contributed by atoms with Crippen molar-refractivity contribution in [2.75, 3.05) is 14.1 Å². The highest BCUT2D eigenvalue weighted by Crippen LogP contribution is 1.90. The molecule has 0 rings (SSSR count). The summed E-state index contributed by atoms with van der Waals surface area (Å²) in [5, 5.41) is 8.16. The predicted molar refractivity (Wildman–Crippen MR) is 44.8 cm³/mol. The molecule has 0 heterocycles. The van der Waals surface area contributed by atoms with E-state index in [0.717, 1.165) is 0 Å². The summed E-state index contributed by atoms with van der Waals surface area (Å²) in [7, 11) is 3.15. The van der Waals surface area contributed by atoms with Crippen LogP contribution in [0.5, 0.6) is 0 Å². The van der Waals surface area contributed by atoms with Crippen molar-refractivity contribution in [3.8, 4) is 6.07 Å². The van der Waals surface area contributed by atoms with E-state index >= 15 is 0 Å². The molecule has 1 amide bonds. The summed E-state index contributed by atoms with van der Waals surface area (Å²) < 4.78 is 0. The Labute approximate surface area is 67.9 Å². The SMILES string of the molecule is C=C(C#N)C(=O)N(C)C.CC. The first-order valence-electron chi connectivity index (χ1n) is 3.40. The van der Waals surface area contributed by atoms with E-state index in [1.807, 2.05) is 13.8 Å². The number of carbonyl (C=O) groups is 1. The van der Waals surface area contributed by atoms with Crippen molar-refractivity contribution in [3.05, 3.63) is 12.2 Å². The molecule has 0 aliphatic carbocycles. The molecule has 0 fully saturated rings. The van der Waals surface area contributed by atoms with Crippen molar-refractivity contribution >= 4 is 5.91 Å². The number of amides is 1. The lowest BCUT2D eigenvalue weighted by molar-refractivity contribution is -0.124. The highest BCUT2D eigenvalue weighted by molar-refractivity contribution is 5.96. The van der Waals surface area contributed by atoms with E-state index in [9.17, 15) is 4.79 Å². The molecule has 0 bridgehead atoms. The summed E-state index contributed by atoms with van der Waals surface area (Å²) in [6, 6.07) is 1.66. The van der Waals surface area contributed by atoms with Gasteiger partial charge in [-0.15, -0.1) is 0 Å². The standard InChI is InChI=1S/C6H8N2O.C2H6/c1-5(4-7)6(9)8(2)3;1-2/h1H2,2-3H3;1-2H3. The summed E-state index contributed by atoms with van der Waals surface area (Å²) >= 11 is 0. The maximum absolute atomic E-state index is 10.7. The van der Waals surface area contributed by atoms with Crippen LogP contribution in [0.1, 0.15) is 13.8 Å². The minimum Gasteiger partial charge on any atom is -0.344 e. The predicted octanol–water partition coefficient (Wildman–Crippen LogP) is 1.18. The van der Waals surface area contributed by atoms with Gasteiger partial charge in [-0.05, 0) is 0 Å². The molecular formula is C8H14N2O. The number of likely N-dealkylation sites (N-methyl/N-ethyl adjacent to an activating group) is 1. The van der Waals surface area contributed by atoms with E-state index in [1.165, 1.54) is 4.90 Å². The van der Waals surface area contributed by atoms with Crippen molar-refractivity contribution in [2.24, 2.45) is 0 Å². The molecule has 3 heteroatoms. The van der Waals surface area contributed by atoms with Gasteiger partial charge in [-0.25, -0.2) is 0 Å². The quantitative estimate of drug-likeness (QED) is 0.420. The van der Waals surface area contributed by atoms with E-state index in [1.54, 1.807) is 20.2 Å². The number of nitriles is 1. The Hall–Kier alpha value is -1.30. The van der Waals surface area contributed by atoms with Crippen molar-refractivity contribution in [1.82, 2.24) is 4.90 Å². The third-order valence-corrected chi connectivity index (χ3v) is 0.799. The summed E-state index contributed by atoms with van der Waals surface area (Å²) in [6.07, 6.45) is 0. The van der Waals surface area contributed by atoms with Gasteiger partial charge in [-0.1, -0.05) is 20.4 Å². The van der Waals surface area contributed by atoms with Crippen LogP contribution in [-0.2, 0) is 4.79 Å². The second kappa shape index (κ2) is 6.81. The van der Waals surface area contributed by atoms with Gasteiger partial charge < -0.3 is 4.90 Å². The Morgan fingerprint density at radius 2 is 1.82 bits per heavy atom. The van der Waals surface area contributed by atoms with Gasteiger partial charge in [0.1, 0.15) is 11.6 Å². The molecule has 0 saturated carbocycles. The highest BCUT2D eigenvalue weighted by atomic mass is 16.2. The summed E-state index contributed by atoms with van der Waals surface area (Å²) in [5.74, 6) is -0.336. The fraction of sp³-hybridized carbons (Fsp3) is 0.500. The van der Waals surface area contributed by atoms with Crippen LogP contribution in [0.2, 0.25) is 0 Å². The van der Waals surface area contributed by atoms with Crippen molar-refractivity contribution in [3.63, 3.8) is 0 Å². The van der Waals surface area contributed by atoms with E-state index < -0.39 is 0 Å². The fourth-order valence-corrected chi connectivity index (χ4v) is 0.318. The van der Waals surface area contributed by atoms with Gasteiger partial charge in [-0.3, -0.25) is 4.79 Å². The van der Waals surface area contributed by atoms with Crippen LogP contribution in [0.15, 0.2) is 12.2 Å². The Morgan fingerprint density at radius 3 is 1.91 bits per heavy atom. The number of rotatable bonds is 1. The van der Waals surface area contributed by atoms with Crippen LogP contribution < -0.4 is 0 Å². The van der Waals surface area contributed by atoms with Gasteiger partial charge in [0.2, 0.25) is 0 Å². The molecule has 0 atom stereocenters. The average Bonchev–Trinajstić information content (AvgIpc) is 2.05. The van der Waals surface area contributed by atoms with Crippen LogP contribution in [0.3, 0.4) is 0 Å².